The molecule has 0 radical (unpaired) electrons. The van der Waals surface area contributed by atoms with Crippen LogP contribution in [0.2, 0.25) is 0 Å². The molecule has 0 amide bonds. The molecule has 0 aromatic rings. The lowest BCUT2D eigenvalue weighted by Crippen LogP contribution is -2.38. The minimum Gasteiger partial charge on any atom is -0.317 e. The molecule has 70 valence electrons. The van der Waals surface area contributed by atoms with Gasteiger partial charge in [0.15, 0.2) is 0 Å². The van der Waals surface area contributed by atoms with Gasteiger partial charge < -0.3 is 5.32 Å². The van der Waals surface area contributed by atoms with Crippen molar-refractivity contribution in [3.63, 3.8) is 0 Å². The highest BCUT2D eigenvalue weighted by atomic mass is 19.1. The normalized spacial score (nSPS) is 24.8. The Labute approximate surface area is 74.0 Å². The van der Waals surface area contributed by atoms with Crippen LogP contribution < -0.4 is 5.32 Å². The van der Waals surface area contributed by atoms with Gasteiger partial charge >= 0.3 is 0 Å². The van der Waals surface area contributed by atoms with Crippen molar-refractivity contribution in [2.45, 2.75) is 31.9 Å². The van der Waals surface area contributed by atoms with E-state index in [1.165, 1.54) is 0 Å². The van der Waals surface area contributed by atoms with E-state index in [9.17, 15) is 4.39 Å². The monoisotopic (exact) mass is 171 g/mol. The Balaban J connectivity index is 2.47. The van der Waals surface area contributed by atoms with Gasteiger partial charge in [-0.1, -0.05) is 6.08 Å². The second-order valence-electron chi connectivity index (χ2n) is 3.80. The average Bonchev–Trinajstić information content (AvgIpc) is 2.06. The lowest BCUT2D eigenvalue weighted by atomic mass is 9.81. The average molecular weight is 171 g/mol. The number of hydrogen-bond acceptors (Lipinski definition) is 1. The van der Waals surface area contributed by atoms with Crippen LogP contribution in [0.15, 0.2) is 12.7 Å². The van der Waals surface area contributed by atoms with Crippen LogP contribution in [0.4, 0.5) is 4.39 Å². The summed E-state index contributed by atoms with van der Waals surface area (Å²) in [6, 6.07) is 0. The first-order valence-corrected chi connectivity index (χ1v) is 4.67. The Kier molecular flexibility index (Phi) is 3.27. The Morgan fingerprint density at radius 1 is 1.58 bits per heavy atom. The number of nitrogens with one attached hydrogen (secondary N) is 1. The van der Waals surface area contributed by atoms with Crippen LogP contribution in [0.3, 0.4) is 0 Å². The van der Waals surface area contributed by atoms with Crippen LogP contribution >= 0.6 is 0 Å². The van der Waals surface area contributed by atoms with E-state index in [4.69, 9.17) is 0 Å². The van der Waals surface area contributed by atoms with E-state index in [1.807, 2.05) is 0 Å². The van der Waals surface area contributed by atoms with Gasteiger partial charge in [-0.3, -0.25) is 0 Å². The highest BCUT2D eigenvalue weighted by molar-refractivity contribution is 4.91. The van der Waals surface area contributed by atoms with Crippen LogP contribution in [-0.4, -0.2) is 18.8 Å². The van der Waals surface area contributed by atoms with Crippen molar-refractivity contribution in [3.8, 4) is 0 Å². The van der Waals surface area contributed by atoms with E-state index < -0.39 is 5.67 Å². The summed E-state index contributed by atoms with van der Waals surface area (Å²) < 4.78 is 13.9. The number of piperidine rings is 1. The summed E-state index contributed by atoms with van der Waals surface area (Å²) in [6.07, 6.45) is 4.08. The summed E-state index contributed by atoms with van der Waals surface area (Å²) in [5.41, 5.74) is -1.04. The largest absolute Gasteiger partial charge is 0.317 e. The Morgan fingerprint density at radius 2 is 2.17 bits per heavy atom. The van der Waals surface area contributed by atoms with Gasteiger partial charge in [0, 0.05) is 0 Å². The number of hydrogen-bond donors (Lipinski definition) is 1. The quantitative estimate of drug-likeness (QED) is 0.642. The minimum absolute atomic E-state index is 0.219. The second-order valence-corrected chi connectivity index (χ2v) is 3.80. The third kappa shape index (κ3) is 2.31. The van der Waals surface area contributed by atoms with E-state index >= 15 is 0 Å². The third-order valence-corrected chi connectivity index (χ3v) is 2.73. The van der Waals surface area contributed by atoms with E-state index in [2.05, 4.69) is 11.9 Å². The molecular weight excluding hydrogens is 153 g/mol. The molecule has 1 aliphatic heterocycles. The maximum atomic E-state index is 13.9. The summed E-state index contributed by atoms with van der Waals surface area (Å²) in [4.78, 5) is 0. The van der Waals surface area contributed by atoms with Gasteiger partial charge in [0.05, 0.1) is 0 Å². The molecule has 1 atom stereocenters. The highest BCUT2D eigenvalue weighted by Crippen LogP contribution is 2.32. The molecule has 1 rings (SSSR count). The maximum absolute atomic E-state index is 13.9. The van der Waals surface area contributed by atoms with E-state index in [0.29, 0.717) is 6.42 Å². The molecule has 0 aliphatic carbocycles. The smallest absolute Gasteiger partial charge is 0.114 e. The van der Waals surface area contributed by atoms with Gasteiger partial charge in [-0.05, 0) is 45.2 Å². The van der Waals surface area contributed by atoms with Crippen LogP contribution in [0.1, 0.15) is 26.2 Å². The maximum Gasteiger partial charge on any atom is 0.114 e. The molecular formula is C10H18FN. The van der Waals surface area contributed by atoms with Crippen LogP contribution in [0.5, 0.6) is 0 Å². The molecule has 1 N–H and O–H groups in total. The van der Waals surface area contributed by atoms with Crippen molar-refractivity contribution in [2.75, 3.05) is 13.1 Å². The first-order valence-electron chi connectivity index (χ1n) is 4.67. The highest BCUT2D eigenvalue weighted by Gasteiger charge is 2.33. The van der Waals surface area contributed by atoms with Gasteiger partial charge in [0.2, 0.25) is 0 Å². The zero-order valence-electron chi connectivity index (χ0n) is 7.78. The Bertz CT molecular complexity index is 148. The van der Waals surface area contributed by atoms with Crippen molar-refractivity contribution in [2.24, 2.45) is 5.92 Å². The molecule has 1 unspecified atom stereocenters. The molecule has 0 saturated carbocycles. The van der Waals surface area contributed by atoms with Gasteiger partial charge in [-0.25, -0.2) is 4.39 Å². The van der Waals surface area contributed by atoms with Crippen LogP contribution in [0, 0.1) is 5.92 Å². The first-order chi connectivity index (χ1) is 5.67. The molecule has 0 spiro atoms. The molecule has 0 aromatic heterocycles. The zero-order valence-corrected chi connectivity index (χ0v) is 7.78. The van der Waals surface area contributed by atoms with Gasteiger partial charge in [0.25, 0.3) is 0 Å². The topological polar surface area (TPSA) is 12.0 Å². The van der Waals surface area contributed by atoms with E-state index in [0.717, 1.165) is 25.9 Å². The molecule has 1 fully saturated rings. The van der Waals surface area contributed by atoms with Gasteiger partial charge in [-0.15, -0.1) is 6.58 Å². The summed E-state index contributed by atoms with van der Waals surface area (Å²) in [5, 5.41) is 3.24. The SMILES string of the molecule is C=CCC(C)(F)C1CCNCC1. The lowest BCUT2D eigenvalue weighted by molar-refractivity contribution is 0.0825. The molecule has 0 aromatic carbocycles. The summed E-state index contributed by atoms with van der Waals surface area (Å²) >= 11 is 0. The number of rotatable bonds is 3. The zero-order chi connectivity index (χ0) is 9.03. The predicted octanol–water partition coefficient (Wildman–Crippen LogP) is 2.29. The van der Waals surface area contributed by atoms with Crippen LogP contribution in [-0.2, 0) is 0 Å². The van der Waals surface area contributed by atoms with Crippen molar-refractivity contribution >= 4 is 0 Å². The summed E-state index contributed by atoms with van der Waals surface area (Å²) in [6.45, 7) is 7.20. The fourth-order valence-corrected chi connectivity index (χ4v) is 1.87. The molecule has 0 bridgehead atoms. The number of halogens is 1. The van der Waals surface area contributed by atoms with Crippen molar-refractivity contribution in [1.82, 2.24) is 5.32 Å². The molecule has 1 nitrogen and oxygen atoms in total. The van der Waals surface area contributed by atoms with Crippen molar-refractivity contribution < 1.29 is 4.39 Å². The molecule has 1 saturated heterocycles. The number of alkyl halides is 1. The van der Waals surface area contributed by atoms with Gasteiger partial charge in [-0.2, -0.15) is 0 Å². The standard InChI is InChI=1S/C10H18FN/c1-3-6-10(2,11)9-4-7-12-8-5-9/h3,9,12H,1,4-8H2,2H3. The predicted molar refractivity (Wildman–Crippen MR) is 49.9 cm³/mol. The van der Waals surface area contributed by atoms with E-state index in [-0.39, 0.29) is 5.92 Å². The van der Waals surface area contributed by atoms with Crippen LogP contribution in [0.25, 0.3) is 0 Å². The van der Waals surface area contributed by atoms with Crippen molar-refractivity contribution in [1.29, 1.82) is 0 Å². The Morgan fingerprint density at radius 3 is 2.67 bits per heavy atom. The first kappa shape index (κ1) is 9.72. The van der Waals surface area contributed by atoms with Gasteiger partial charge in [0.1, 0.15) is 5.67 Å². The summed E-state index contributed by atoms with van der Waals surface area (Å²) in [7, 11) is 0. The molecule has 1 heterocycles. The second kappa shape index (κ2) is 4.04. The summed E-state index contributed by atoms with van der Waals surface area (Å²) in [5.74, 6) is 0.219. The fraction of sp³-hybridized carbons (Fsp3) is 0.800. The van der Waals surface area contributed by atoms with E-state index in [1.54, 1.807) is 13.0 Å². The Hall–Kier alpha value is -0.370. The van der Waals surface area contributed by atoms with Crippen molar-refractivity contribution in [3.05, 3.63) is 12.7 Å². The number of allylic oxidation sites excluding steroid dienone is 1. The molecule has 12 heavy (non-hydrogen) atoms. The minimum atomic E-state index is -1.04. The fourth-order valence-electron chi connectivity index (χ4n) is 1.87. The third-order valence-electron chi connectivity index (χ3n) is 2.73. The lowest BCUT2D eigenvalue weighted by Gasteiger charge is -2.33. The molecule has 1 aliphatic rings. The molecule has 2 heteroatoms.